The molecule has 0 aliphatic rings. The van der Waals surface area contributed by atoms with Crippen LogP contribution in [0.3, 0.4) is 0 Å². The maximum Gasteiger partial charge on any atom is 0.137 e. The van der Waals surface area contributed by atoms with Crippen LogP contribution in [0.15, 0.2) is 0 Å². The second-order valence-electron chi connectivity index (χ2n) is 4.99. The van der Waals surface area contributed by atoms with Crippen LogP contribution in [0.5, 0.6) is 0 Å². The zero-order chi connectivity index (χ0) is 12.4. The molecular weight excluding hydrogens is 198 g/mol. The normalized spacial score (nSPS) is 14.8. The third-order valence-electron chi connectivity index (χ3n) is 3.32. The number of Topliss-reactive ketones (excluding diaryl/α,β-unsaturated/α-hetero) is 1. The van der Waals surface area contributed by atoms with Gasteiger partial charge in [0.2, 0.25) is 0 Å². The molecule has 0 saturated heterocycles. The van der Waals surface area contributed by atoms with Crippen molar-refractivity contribution in [2.24, 2.45) is 11.7 Å². The molecule has 2 nitrogen and oxygen atoms in total. The average molecular weight is 227 g/mol. The summed E-state index contributed by atoms with van der Waals surface area (Å²) in [5.41, 5.74) is 5.70. The molecule has 2 N–H and O–H groups in total. The Bertz CT molecular complexity index is 178. The SMILES string of the molecule is CCCCCCCCCC(=O)C(C)C(C)N. The molecule has 2 unspecified atom stereocenters. The fraction of sp³-hybridized carbons (Fsp3) is 0.929. The Morgan fingerprint density at radius 3 is 2.00 bits per heavy atom. The van der Waals surface area contributed by atoms with E-state index in [2.05, 4.69) is 6.92 Å². The lowest BCUT2D eigenvalue weighted by atomic mass is 9.95. The van der Waals surface area contributed by atoms with E-state index in [1.807, 2.05) is 13.8 Å². The van der Waals surface area contributed by atoms with E-state index in [-0.39, 0.29) is 12.0 Å². The van der Waals surface area contributed by atoms with Gasteiger partial charge in [-0.3, -0.25) is 4.79 Å². The molecule has 2 heteroatoms. The average Bonchev–Trinajstić information content (AvgIpc) is 2.26. The van der Waals surface area contributed by atoms with E-state index < -0.39 is 0 Å². The van der Waals surface area contributed by atoms with Gasteiger partial charge in [0.1, 0.15) is 5.78 Å². The lowest BCUT2D eigenvalue weighted by molar-refractivity contribution is -0.122. The van der Waals surface area contributed by atoms with Gasteiger partial charge in [0.05, 0.1) is 0 Å². The van der Waals surface area contributed by atoms with Crippen LogP contribution in [-0.2, 0) is 4.79 Å². The maximum atomic E-state index is 11.6. The van der Waals surface area contributed by atoms with Gasteiger partial charge in [-0.05, 0) is 13.3 Å². The predicted octanol–water partition coefficient (Wildman–Crippen LogP) is 3.68. The van der Waals surface area contributed by atoms with Gasteiger partial charge >= 0.3 is 0 Å². The Morgan fingerprint density at radius 1 is 1.00 bits per heavy atom. The van der Waals surface area contributed by atoms with Gasteiger partial charge in [-0.25, -0.2) is 0 Å². The van der Waals surface area contributed by atoms with Crippen molar-refractivity contribution in [3.8, 4) is 0 Å². The fourth-order valence-electron chi connectivity index (χ4n) is 1.78. The summed E-state index contributed by atoms with van der Waals surface area (Å²) in [6.07, 6.45) is 9.55. The van der Waals surface area contributed by atoms with Crippen LogP contribution in [0.4, 0.5) is 0 Å². The van der Waals surface area contributed by atoms with E-state index in [0.717, 1.165) is 12.8 Å². The minimum atomic E-state index is -0.00273. The molecule has 0 amide bonds. The van der Waals surface area contributed by atoms with Gasteiger partial charge in [0.15, 0.2) is 0 Å². The lowest BCUT2D eigenvalue weighted by Gasteiger charge is -2.13. The van der Waals surface area contributed by atoms with Crippen LogP contribution >= 0.6 is 0 Å². The van der Waals surface area contributed by atoms with E-state index in [1.54, 1.807) is 0 Å². The summed E-state index contributed by atoms with van der Waals surface area (Å²) in [4.78, 5) is 11.6. The second-order valence-corrected chi connectivity index (χ2v) is 4.99. The van der Waals surface area contributed by atoms with Crippen molar-refractivity contribution in [3.05, 3.63) is 0 Å². The second kappa shape index (κ2) is 9.83. The third kappa shape index (κ3) is 7.86. The molecule has 0 aliphatic heterocycles. The zero-order valence-corrected chi connectivity index (χ0v) is 11.3. The van der Waals surface area contributed by atoms with Gasteiger partial charge in [0.25, 0.3) is 0 Å². The molecule has 2 atom stereocenters. The highest BCUT2D eigenvalue weighted by molar-refractivity contribution is 5.81. The van der Waals surface area contributed by atoms with E-state index in [0.29, 0.717) is 5.78 Å². The van der Waals surface area contributed by atoms with Gasteiger partial charge in [-0.2, -0.15) is 0 Å². The monoisotopic (exact) mass is 227 g/mol. The first kappa shape index (κ1) is 15.6. The summed E-state index contributed by atoms with van der Waals surface area (Å²) in [5, 5.41) is 0. The van der Waals surface area contributed by atoms with Crippen molar-refractivity contribution in [1.29, 1.82) is 0 Å². The summed E-state index contributed by atoms with van der Waals surface area (Å²) in [7, 11) is 0. The minimum Gasteiger partial charge on any atom is -0.327 e. The topological polar surface area (TPSA) is 43.1 Å². The van der Waals surface area contributed by atoms with E-state index in [1.165, 1.54) is 38.5 Å². The highest BCUT2D eigenvalue weighted by Crippen LogP contribution is 2.11. The summed E-state index contributed by atoms with van der Waals surface area (Å²) >= 11 is 0. The number of carbonyl (C=O) groups is 1. The molecule has 0 rings (SSSR count). The first-order valence-corrected chi connectivity index (χ1v) is 6.87. The first-order valence-electron chi connectivity index (χ1n) is 6.87. The number of nitrogens with two attached hydrogens (primary N) is 1. The van der Waals surface area contributed by atoms with E-state index in [4.69, 9.17) is 5.73 Å². The van der Waals surface area contributed by atoms with Crippen molar-refractivity contribution in [3.63, 3.8) is 0 Å². The molecule has 0 saturated carbocycles. The van der Waals surface area contributed by atoms with Crippen LogP contribution in [-0.4, -0.2) is 11.8 Å². The molecule has 0 spiro atoms. The first-order chi connectivity index (χ1) is 7.59. The van der Waals surface area contributed by atoms with Crippen LogP contribution < -0.4 is 5.73 Å². The molecule has 0 bridgehead atoms. The Morgan fingerprint density at radius 2 is 1.50 bits per heavy atom. The summed E-state index contributed by atoms with van der Waals surface area (Å²) in [5.74, 6) is 0.364. The highest BCUT2D eigenvalue weighted by Gasteiger charge is 2.15. The number of hydrogen-bond acceptors (Lipinski definition) is 2. The van der Waals surface area contributed by atoms with Crippen molar-refractivity contribution in [2.75, 3.05) is 0 Å². The van der Waals surface area contributed by atoms with Gasteiger partial charge in [-0.1, -0.05) is 52.4 Å². The predicted molar refractivity (Wildman–Crippen MR) is 70.4 cm³/mol. The van der Waals surface area contributed by atoms with E-state index >= 15 is 0 Å². The van der Waals surface area contributed by atoms with Crippen LogP contribution in [0, 0.1) is 5.92 Å². The summed E-state index contributed by atoms with van der Waals surface area (Å²) in [6.45, 7) is 6.08. The molecule has 0 radical (unpaired) electrons. The van der Waals surface area contributed by atoms with E-state index in [9.17, 15) is 4.79 Å². The van der Waals surface area contributed by atoms with Crippen LogP contribution in [0.25, 0.3) is 0 Å². The molecule has 0 aromatic heterocycles. The Labute approximate surface area is 101 Å². The molecule has 0 aliphatic carbocycles. The number of unbranched alkanes of at least 4 members (excludes halogenated alkanes) is 6. The standard InChI is InChI=1S/C14H29NO/c1-4-5-6-7-8-9-10-11-14(16)12(2)13(3)15/h12-13H,4-11,15H2,1-3H3. The number of ketones is 1. The van der Waals surface area contributed by atoms with Crippen molar-refractivity contribution < 1.29 is 4.79 Å². The van der Waals surface area contributed by atoms with Crippen molar-refractivity contribution in [1.82, 2.24) is 0 Å². The molecule has 0 aromatic carbocycles. The molecule has 0 heterocycles. The zero-order valence-electron chi connectivity index (χ0n) is 11.3. The summed E-state index contributed by atoms with van der Waals surface area (Å²) < 4.78 is 0. The third-order valence-corrected chi connectivity index (χ3v) is 3.32. The molecule has 0 aromatic rings. The molecular formula is C14H29NO. The fourth-order valence-corrected chi connectivity index (χ4v) is 1.78. The highest BCUT2D eigenvalue weighted by atomic mass is 16.1. The number of carbonyl (C=O) groups excluding carboxylic acids is 1. The molecule has 16 heavy (non-hydrogen) atoms. The number of rotatable bonds is 10. The van der Waals surface area contributed by atoms with Gasteiger partial charge in [0, 0.05) is 18.4 Å². The van der Waals surface area contributed by atoms with Gasteiger partial charge in [-0.15, -0.1) is 0 Å². The molecule has 0 fully saturated rings. The lowest BCUT2D eigenvalue weighted by Crippen LogP contribution is -2.30. The Balaban J connectivity index is 3.34. The van der Waals surface area contributed by atoms with Gasteiger partial charge < -0.3 is 5.73 Å². The largest absolute Gasteiger partial charge is 0.327 e. The Kier molecular flexibility index (Phi) is 9.60. The maximum absolute atomic E-state index is 11.6. The van der Waals surface area contributed by atoms with Crippen molar-refractivity contribution in [2.45, 2.75) is 78.2 Å². The van der Waals surface area contributed by atoms with Crippen LogP contribution in [0.2, 0.25) is 0 Å². The van der Waals surface area contributed by atoms with Crippen LogP contribution in [0.1, 0.15) is 72.1 Å². The quantitative estimate of drug-likeness (QED) is 0.578. The van der Waals surface area contributed by atoms with Crippen molar-refractivity contribution >= 4 is 5.78 Å². The molecule has 96 valence electrons. The Hall–Kier alpha value is -0.370. The minimum absolute atomic E-state index is 0.00273. The number of hydrogen-bond donors (Lipinski definition) is 1. The smallest absolute Gasteiger partial charge is 0.137 e. The summed E-state index contributed by atoms with van der Waals surface area (Å²) in [6, 6.07) is -0.00273.